The van der Waals surface area contributed by atoms with Gasteiger partial charge in [0.1, 0.15) is 0 Å². The molecular formula is C21H25N3O2S. The van der Waals surface area contributed by atoms with Crippen molar-refractivity contribution in [1.29, 1.82) is 0 Å². The van der Waals surface area contributed by atoms with Crippen molar-refractivity contribution in [2.75, 3.05) is 5.32 Å². The van der Waals surface area contributed by atoms with Crippen LogP contribution in [0.25, 0.3) is 0 Å². The highest BCUT2D eigenvalue weighted by atomic mass is 32.1. The van der Waals surface area contributed by atoms with Crippen LogP contribution in [-0.4, -0.2) is 22.5 Å². The van der Waals surface area contributed by atoms with Crippen molar-refractivity contribution < 1.29 is 9.59 Å². The number of thiocarbonyl (C=S) groups is 1. The number of amides is 2. The molecular weight excluding hydrogens is 358 g/mol. The molecule has 0 aliphatic heterocycles. The maximum absolute atomic E-state index is 12.2. The third-order valence-corrected chi connectivity index (χ3v) is 3.96. The lowest BCUT2D eigenvalue weighted by Gasteiger charge is -2.20. The Hall–Kier alpha value is -2.73. The molecule has 27 heavy (non-hydrogen) atoms. The maximum atomic E-state index is 12.2. The van der Waals surface area contributed by atoms with Crippen molar-refractivity contribution in [2.24, 2.45) is 0 Å². The van der Waals surface area contributed by atoms with Crippen LogP contribution in [0.1, 0.15) is 42.3 Å². The van der Waals surface area contributed by atoms with Gasteiger partial charge in [0.05, 0.1) is 6.42 Å². The molecule has 6 heteroatoms. The SMILES string of the molecule is Cc1ccccc1CC(=O)NC(=S)Nc1ccc(C(=O)NC(C)(C)C)cc1. The fourth-order valence-corrected chi connectivity index (χ4v) is 2.66. The van der Waals surface area contributed by atoms with Crippen LogP contribution < -0.4 is 16.0 Å². The lowest BCUT2D eigenvalue weighted by molar-refractivity contribution is -0.119. The molecule has 0 radical (unpaired) electrons. The smallest absolute Gasteiger partial charge is 0.251 e. The highest BCUT2D eigenvalue weighted by Gasteiger charge is 2.15. The number of hydrogen-bond donors (Lipinski definition) is 3. The first-order valence-electron chi connectivity index (χ1n) is 8.72. The first-order valence-corrected chi connectivity index (χ1v) is 9.13. The zero-order chi connectivity index (χ0) is 20.0. The molecule has 0 atom stereocenters. The second-order valence-electron chi connectivity index (χ2n) is 7.39. The van der Waals surface area contributed by atoms with Gasteiger partial charge in [-0.25, -0.2) is 0 Å². The Morgan fingerprint density at radius 2 is 1.63 bits per heavy atom. The summed E-state index contributed by atoms with van der Waals surface area (Å²) in [5, 5.41) is 8.76. The van der Waals surface area contributed by atoms with Crippen LogP contribution in [-0.2, 0) is 11.2 Å². The molecule has 0 fully saturated rings. The van der Waals surface area contributed by atoms with Crippen molar-refractivity contribution in [2.45, 2.75) is 39.7 Å². The van der Waals surface area contributed by atoms with Gasteiger partial charge < -0.3 is 16.0 Å². The molecule has 0 spiro atoms. The number of carbonyl (C=O) groups excluding carboxylic acids is 2. The largest absolute Gasteiger partial charge is 0.347 e. The lowest BCUT2D eigenvalue weighted by Crippen LogP contribution is -2.40. The molecule has 3 N–H and O–H groups in total. The molecule has 2 aromatic rings. The molecule has 0 unspecified atom stereocenters. The summed E-state index contributed by atoms with van der Waals surface area (Å²) in [6, 6.07) is 14.7. The molecule has 0 aliphatic rings. The van der Waals surface area contributed by atoms with Gasteiger partial charge >= 0.3 is 0 Å². The van der Waals surface area contributed by atoms with E-state index >= 15 is 0 Å². The van der Waals surface area contributed by atoms with Gasteiger partial charge in [0.25, 0.3) is 5.91 Å². The van der Waals surface area contributed by atoms with Gasteiger partial charge in [-0.1, -0.05) is 24.3 Å². The Labute approximate surface area is 165 Å². The van der Waals surface area contributed by atoms with E-state index in [2.05, 4.69) is 16.0 Å². The van der Waals surface area contributed by atoms with Crippen LogP contribution in [0, 0.1) is 6.92 Å². The molecule has 0 heterocycles. The lowest BCUT2D eigenvalue weighted by atomic mass is 10.1. The Bertz CT molecular complexity index is 839. The fourth-order valence-electron chi connectivity index (χ4n) is 2.43. The number of anilines is 1. The molecule has 2 amide bonds. The maximum Gasteiger partial charge on any atom is 0.251 e. The average molecular weight is 384 g/mol. The number of rotatable bonds is 4. The van der Waals surface area contributed by atoms with Crippen LogP contribution in [0.15, 0.2) is 48.5 Å². The predicted molar refractivity (Wildman–Crippen MR) is 113 cm³/mol. The summed E-state index contributed by atoms with van der Waals surface area (Å²) >= 11 is 5.20. The van der Waals surface area contributed by atoms with Gasteiger partial charge in [-0.05, 0) is 75.3 Å². The summed E-state index contributed by atoms with van der Waals surface area (Å²) in [7, 11) is 0. The summed E-state index contributed by atoms with van der Waals surface area (Å²) in [5.41, 5.74) is 2.99. The molecule has 0 aromatic heterocycles. The minimum absolute atomic E-state index is 0.136. The molecule has 0 saturated heterocycles. The van der Waals surface area contributed by atoms with Crippen molar-refractivity contribution in [3.8, 4) is 0 Å². The summed E-state index contributed by atoms with van der Waals surface area (Å²) in [6.45, 7) is 7.76. The monoisotopic (exact) mass is 383 g/mol. The number of carbonyl (C=O) groups is 2. The Kier molecular flexibility index (Phi) is 6.69. The van der Waals surface area contributed by atoms with Gasteiger partial charge in [-0.15, -0.1) is 0 Å². The third kappa shape index (κ3) is 6.83. The average Bonchev–Trinajstić information content (AvgIpc) is 2.56. The zero-order valence-corrected chi connectivity index (χ0v) is 16.9. The molecule has 5 nitrogen and oxygen atoms in total. The van der Waals surface area contributed by atoms with E-state index in [1.54, 1.807) is 24.3 Å². The second kappa shape index (κ2) is 8.77. The van der Waals surface area contributed by atoms with E-state index in [1.165, 1.54) is 0 Å². The van der Waals surface area contributed by atoms with E-state index in [-0.39, 0.29) is 28.9 Å². The van der Waals surface area contributed by atoms with Crippen LogP contribution in [0.4, 0.5) is 5.69 Å². The number of nitrogens with one attached hydrogen (secondary N) is 3. The van der Waals surface area contributed by atoms with Crippen molar-refractivity contribution in [3.63, 3.8) is 0 Å². The third-order valence-electron chi connectivity index (χ3n) is 3.76. The van der Waals surface area contributed by atoms with Crippen LogP contribution in [0.5, 0.6) is 0 Å². The first kappa shape index (κ1) is 20.6. The summed E-state index contributed by atoms with van der Waals surface area (Å²) in [6.07, 6.45) is 0.264. The Balaban J connectivity index is 1.89. The van der Waals surface area contributed by atoms with Crippen LogP contribution in [0.3, 0.4) is 0 Å². The van der Waals surface area contributed by atoms with Crippen molar-refractivity contribution >= 4 is 34.8 Å². The predicted octanol–water partition coefficient (Wildman–Crippen LogP) is 3.58. The summed E-state index contributed by atoms with van der Waals surface area (Å²) in [4.78, 5) is 24.3. The van der Waals surface area contributed by atoms with Gasteiger partial charge in [0.2, 0.25) is 5.91 Å². The summed E-state index contributed by atoms with van der Waals surface area (Å²) in [5.74, 6) is -0.314. The Morgan fingerprint density at radius 1 is 1.00 bits per heavy atom. The fraction of sp³-hybridized carbons (Fsp3) is 0.286. The molecule has 2 aromatic carbocycles. The van der Waals surface area contributed by atoms with Crippen molar-refractivity contribution in [3.05, 3.63) is 65.2 Å². The highest BCUT2D eigenvalue weighted by Crippen LogP contribution is 2.11. The first-order chi connectivity index (χ1) is 12.6. The minimum Gasteiger partial charge on any atom is -0.347 e. The van der Waals surface area contributed by atoms with Gasteiger partial charge in [-0.2, -0.15) is 0 Å². The van der Waals surface area contributed by atoms with Gasteiger partial charge in [-0.3, -0.25) is 9.59 Å². The van der Waals surface area contributed by atoms with Gasteiger partial charge in [0.15, 0.2) is 5.11 Å². The van der Waals surface area contributed by atoms with Crippen molar-refractivity contribution in [1.82, 2.24) is 10.6 Å². The Morgan fingerprint density at radius 3 is 2.22 bits per heavy atom. The van der Waals surface area contributed by atoms with E-state index in [9.17, 15) is 9.59 Å². The quantitative estimate of drug-likeness (QED) is 0.706. The number of hydrogen-bond acceptors (Lipinski definition) is 3. The van der Waals surface area contributed by atoms with E-state index < -0.39 is 0 Å². The molecule has 2 rings (SSSR count). The summed E-state index contributed by atoms with van der Waals surface area (Å²) < 4.78 is 0. The molecule has 142 valence electrons. The number of aryl methyl sites for hydroxylation is 1. The topological polar surface area (TPSA) is 70.2 Å². The molecule has 0 bridgehead atoms. The molecule has 0 aliphatic carbocycles. The van der Waals surface area contributed by atoms with E-state index in [0.717, 1.165) is 11.1 Å². The highest BCUT2D eigenvalue weighted by molar-refractivity contribution is 7.80. The second-order valence-corrected chi connectivity index (χ2v) is 7.80. The minimum atomic E-state index is -0.295. The zero-order valence-electron chi connectivity index (χ0n) is 16.1. The number of benzene rings is 2. The van der Waals surface area contributed by atoms with Crippen LogP contribution in [0.2, 0.25) is 0 Å². The molecule has 0 saturated carbocycles. The van der Waals surface area contributed by atoms with E-state index in [1.807, 2.05) is 52.0 Å². The normalized spacial score (nSPS) is 10.8. The standard InChI is InChI=1S/C21H25N3O2S/c1-14-7-5-6-8-16(14)13-18(25)23-20(27)22-17-11-9-15(10-12-17)19(26)24-21(2,3)4/h5-12H,13H2,1-4H3,(H,24,26)(H2,22,23,25,27). The van der Waals surface area contributed by atoms with E-state index in [0.29, 0.717) is 11.3 Å². The van der Waals surface area contributed by atoms with E-state index in [4.69, 9.17) is 12.2 Å². The van der Waals surface area contributed by atoms with Gasteiger partial charge in [0, 0.05) is 16.8 Å². The van der Waals surface area contributed by atoms with Crippen LogP contribution >= 0.6 is 12.2 Å².